The summed E-state index contributed by atoms with van der Waals surface area (Å²) in [5.74, 6) is 0.885. The minimum absolute atomic E-state index is 0.208. The van der Waals surface area contributed by atoms with Crippen LogP contribution in [0.5, 0.6) is 0 Å². The molecule has 1 heterocycles. The number of hydrogen-bond donors (Lipinski definition) is 1. The Morgan fingerprint density at radius 2 is 2.36 bits per heavy atom. The quantitative estimate of drug-likeness (QED) is 0.870. The van der Waals surface area contributed by atoms with E-state index in [1.54, 1.807) is 6.20 Å². The highest BCUT2D eigenvalue weighted by Gasteiger charge is 2.08. The summed E-state index contributed by atoms with van der Waals surface area (Å²) < 4.78 is 0.889. The largest absolute Gasteiger partial charge is 0.396 e. The van der Waals surface area contributed by atoms with Gasteiger partial charge in [-0.15, -0.1) is 0 Å². The minimum atomic E-state index is 0.208. The Balaban J connectivity index is 2.73. The zero-order valence-corrected chi connectivity index (χ0v) is 9.74. The van der Waals surface area contributed by atoms with Gasteiger partial charge in [0.2, 0.25) is 0 Å². The molecule has 0 saturated carbocycles. The van der Waals surface area contributed by atoms with Crippen LogP contribution in [-0.2, 0) is 0 Å². The van der Waals surface area contributed by atoms with Crippen LogP contribution in [0.25, 0.3) is 0 Å². The fourth-order valence-corrected chi connectivity index (χ4v) is 1.69. The highest BCUT2D eigenvalue weighted by molar-refractivity contribution is 9.10. The first-order chi connectivity index (χ1) is 6.79. The van der Waals surface area contributed by atoms with E-state index in [-0.39, 0.29) is 6.61 Å². The van der Waals surface area contributed by atoms with E-state index in [1.807, 2.05) is 0 Å². The highest BCUT2D eigenvalue weighted by Crippen LogP contribution is 2.21. The van der Waals surface area contributed by atoms with Gasteiger partial charge in [-0.1, -0.05) is 0 Å². The molecule has 78 valence electrons. The third kappa shape index (κ3) is 2.92. The zero-order valence-electron chi connectivity index (χ0n) is 8.15. The summed E-state index contributed by atoms with van der Waals surface area (Å²) in [6, 6.07) is 0. The molecule has 0 atom stereocenters. The molecule has 0 radical (unpaired) electrons. The summed E-state index contributed by atoms with van der Waals surface area (Å²) in [6.45, 7) is 3.95. The average molecular weight is 260 g/mol. The van der Waals surface area contributed by atoms with Gasteiger partial charge in [-0.2, -0.15) is 0 Å². The summed E-state index contributed by atoms with van der Waals surface area (Å²) in [6.07, 6.45) is 4.01. The van der Waals surface area contributed by atoms with Crippen LogP contribution in [0.4, 0.5) is 5.82 Å². The van der Waals surface area contributed by atoms with Gasteiger partial charge in [0.25, 0.3) is 0 Å². The van der Waals surface area contributed by atoms with Crippen LogP contribution in [0.15, 0.2) is 17.0 Å². The first-order valence-electron chi connectivity index (χ1n) is 4.61. The number of rotatable bonds is 5. The molecule has 1 N–H and O–H groups in total. The minimum Gasteiger partial charge on any atom is -0.396 e. The second-order valence-electron chi connectivity index (χ2n) is 2.85. The van der Waals surface area contributed by atoms with Crippen molar-refractivity contribution in [2.45, 2.75) is 13.3 Å². The van der Waals surface area contributed by atoms with E-state index in [0.29, 0.717) is 0 Å². The predicted octanol–water partition coefficient (Wildman–Crippen LogP) is 1.45. The molecule has 0 aromatic carbocycles. The topological polar surface area (TPSA) is 49.2 Å². The lowest BCUT2D eigenvalue weighted by molar-refractivity contribution is 0.289. The summed E-state index contributed by atoms with van der Waals surface area (Å²) in [5, 5.41) is 8.76. The fourth-order valence-electron chi connectivity index (χ4n) is 1.21. The normalized spacial score (nSPS) is 10.2. The van der Waals surface area contributed by atoms with Gasteiger partial charge in [0, 0.05) is 25.9 Å². The van der Waals surface area contributed by atoms with Crippen molar-refractivity contribution in [3.8, 4) is 0 Å². The maximum Gasteiger partial charge on any atom is 0.146 e. The molecule has 0 aliphatic heterocycles. The van der Waals surface area contributed by atoms with Crippen molar-refractivity contribution in [2.75, 3.05) is 24.6 Å². The first kappa shape index (κ1) is 11.4. The Kier molecular flexibility index (Phi) is 4.82. The molecule has 0 spiro atoms. The van der Waals surface area contributed by atoms with Gasteiger partial charge < -0.3 is 10.0 Å². The van der Waals surface area contributed by atoms with Gasteiger partial charge >= 0.3 is 0 Å². The lowest BCUT2D eigenvalue weighted by atomic mass is 10.4. The van der Waals surface area contributed by atoms with Crippen LogP contribution in [0.2, 0.25) is 0 Å². The number of aromatic nitrogens is 2. The van der Waals surface area contributed by atoms with Crippen LogP contribution < -0.4 is 4.90 Å². The van der Waals surface area contributed by atoms with Crippen molar-refractivity contribution < 1.29 is 5.11 Å². The predicted molar refractivity (Wildman–Crippen MR) is 59.3 cm³/mol. The summed E-state index contributed by atoms with van der Waals surface area (Å²) in [4.78, 5) is 10.2. The molecule has 0 amide bonds. The lowest BCUT2D eigenvalue weighted by Crippen LogP contribution is -2.26. The summed E-state index contributed by atoms with van der Waals surface area (Å²) in [5.41, 5.74) is 0. The molecule has 0 unspecified atom stereocenters. The van der Waals surface area contributed by atoms with Gasteiger partial charge in [-0.05, 0) is 29.3 Å². The maximum absolute atomic E-state index is 8.76. The van der Waals surface area contributed by atoms with E-state index < -0.39 is 0 Å². The Hall–Kier alpha value is -0.680. The number of aliphatic hydroxyl groups is 1. The lowest BCUT2D eigenvalue weighted by Gasteiger charge is -2.22. The number of halogens is 1. The van der Waals surface area contributed by atoms with Gasteiger partial charge in [0.1, 0.15) is 12.1 Å². The van der Waals surface area contributed by atoms with E-state index in [9.17, 15) is 0 Å². The molecule has 5 heteroatoms. The molecule has 1 aromatic rings. The average Bonchev–Trinajstić information content (AvgIpc) is 2.21. The molecular weight excluding hydrogens is 246 g/mol. The van der Waals surface area contributed by atoms with Crippen LogP contribution in [0.1, 0.15) is 13.3 Å². The van der Waals surface area contributed by atoms with E-state index in [4.69, 9.17) is 5.11 Å². The Bertz CT molecular complexity index is 283. The molecule has 4 nitrogen and oxygen atoms in total. The molecule has 1 aromatic heterocycles. The Morgan fingerprint density at radius 3 is 2.93 bits per heavy atom. The van der Waals surface area contributed by atoms with Crippen molar-refractivity contribution in [2.24, 2.45) is 0 Å². The van der Waals surface area contributed by atoms with Crippen molar-refractivity contribution >= 4 is 21.7 Å². The van der Waals surface area contributed by atoms with Crippen LogP contribution in [-0.4, -0.2) is 34.8 Å². The van der Waals surface area contributed by atoms with E-state index in [1.165, 1.54) is 6.33 Å². The maximum atomic E-state index is 8.76. The highest BCUT2D eigenvalue weighted by atomic mass is 79.9. The second kappa shape index (κ2) is 5.93. The van der Waals surface area contributed by atoms with E-state index >= 15 is 0 Å². The molecule has 0 fully saturated rings. The Labute approximate surface area is 92.1 Å². The molecular formula is C9H14BrN3O. The number of nitrogens with zero attached hydrogens (tertiary/aromatic N) is 3. The number of hydrogen-bond acceptors (Lipinski definition) is 4. The third-order valence-corrected chi connectivity index (χ3v) is 2.47. The van der Waals surface area contributed by atoms with Gasteiger partial charge in [0.15, 0.2) is 0 Å². The molecule has 0 aliphatic carbocycles. The fraction of sp³-hybridized carbons (Fsp3) is 0.556. The first-order valence-corrected chi connectivity index (χ1v) is 5.40. The van der Waals surface area contributed by atoms with Crippen LogP contribution in [0.3, 0.4) is 0 Å². The SMILES string of the molecule is CCN(CCCO)c1ncncc1Br. The third-order valence-electron chi connectivity index (χ3n) is 1.92. The monoisotopic (exact) mass is 259 g/mol. The van der Waals surface area contributed by atoms with Gasteiger partial charge in [0.05, 0.1) is 4.47 Å². The number of aliphatic hydroxyl groups excluding tert-OH is 1. The van der Waals surface area contributed by atoms with E-state index in [0.717, 1.165) is 29.8 Å². The number of anilines is 1. The zero-order chi connectivity index (χ0) is 10.4. The van der Waals surface area contributed by atoms with Crippen molar-refractivity contribution in [1.29, 1.82) is 0 Å². The molecule has 0 bridgehead atoms. The van der Waals surface area contributed by atoms with Crippen molar-refractivity contribution in [1.82, 2.24) is 9.97 Å². The van der Waals surface area contributed by atoms with Crippen LogP contribution in [0, 0.1) is 0 Å². The van der Waals surface area contributed by atoms with Crippen LogP contribution >= 0.6 is 15.9 Å². The summed E-state index contributed by atoms with van der Waals surface area (Å²) >= 11 is 3.40. The molecule has 0 saturated heterocycles. The van der Waals surface area contributed by atoms with Gasteiger partial charge in [-0.3, -0.25) is 0 Å². The van der Waals surface area contributed by atoms with Crippen molar-refractivity contribution in [3.05, 3.63) is 17.0 Å². The molecule has 0 aliphatic rings. The smallest absolute Gasteiger partial charge is 0.146 e. The summed E-state index contributed by atoms with van der Waals surface area (Å²) in [7, 11) is 0. The van der Waals surface area contributed by atoms with Crippen molar-refractivity contribution in [3.63, 3.8) is 0 Å². The van der Waals surface area contributed by atoms with Gasteiger partial charge in [-0.25, -0.2) is 9.97 Å². The standard InChI is InChI=1S/C9H14BrN3O/c1-2-13(4-3-5-14)9-8(10)6-11-7-12-9/h6-7,14H,2-5H2,1H3. The molecule has 1 rings (SSSR count). The second-order valence-corrected chi connectivity index (χ2v) is 3.71. The molecule has 14 heavy (non-hydrogen) atoms. The van der Waals surface area contributed by atoms with E-state index in [2.05, 4.69) is 37.7 Å². The Morgan fingerprint density at radius 1 is 1.57 bits per heavy atom.